The second-order valence-corrected chi connectivity index (χ2v) is 10.8. The van der Waals surface area contributed by atoms with E-state index in [0.29, 0.717) is 43.0 Å². The Kier molecular flexibility index (Phi) is 9.80. The molecule has 4 aromatic carbocycles. The molecule has 0 unspecified atom stereocenters. The lowest BCUT2D eigenvalue weighted by Gasteiger charge is -2.13. The number of anilines is 1. The summed E-state index contributed by atoms with van der Waals surface area (Å²) in [4.78, 5) is 13.0. The molecule has 39 heavy (non-hydrogen) atoms. The van der Waals surface area contributed by atoms with Gasteiger partial charge in [-0.1, -0.05) is 72.8 Å². The molecule has 0 aliphatic carbocycles. The Balaban J connectivity index is 1.28. The van der Waals surface area contributed by atoms with Crippen LogP contribution in [0.2, 0.25) is 0 Å². The first-order valence-corrected chi connectivity index (χ1v) is 14.3. The molecule has 0 aliphatic rings. The van der Waals surface area contributed by atoms with E-state index in [9.17, 15) is 13.2 Å². The van der Waals surface area contributed by atoms with Gasteiger partial charge in [0.25, 0.3) is 5.91 Å². The van der Waals surface area contributed by atoms with Gasteiger partial charge in [0, 0.05) is 18.7 Å². The fourth-order valence-electron chi connectivity index (χ4n) is 3.81. The zero-order chi connectivity index (χ0) is 27.5. The van der Waals surface area contributed by atoms with Gasteiger partial charge >= 0.3 is 0 Å². The Labute approximate surface area is 234 Å². The average Bonchev–Trinajstić information content (AvgIpc) is 2.94. The zero-order valence-corrected chi connectivity index (χ0v) is 22.8. The molecule has 0 atom stereocenters. The Hall–Kier alpha value is -4.05. The molecule has 0 spiro atoms. The summed E-state index contributed by atoms with van der Waals surface area (Å²) in [6.45, 7) is 0.716. The van der Waals surface area contributed by atoms with Gasteiger partial charge in [-0.15, -0.1) is 0 Å². The molecule has 7 nitrogen and oxygen atoms in total. The predicted octanol–water partition coefficient (Wildman–Crippen LogP) is 4.96. The minimum Gasteiger partial charge on any atom is -0.492 e. The third kappa shape index (κ3) is 8.47. The van der Waals surface area contributed by atoms with Crippen molar-refractivity contribution in [3.8, 4) is 5.75 Å². The minimum absolute atomic E-state index is 0.0793. The topological polar surface area (TPSA) is 96.5 Å². The van der Waals surface area contributed by atoms with Gasteiger partial charge in [-0.05, 0) is 66.2 Å². The zero-order valence-electron chi connectivity index (χ0n) is 21.2. The molecule has 0 saturated carbocycles. The lowest BCUT2D eigenvalue weighted by molar-refractivity contribution is 0.0973. The van der Waals surface area contributed by atoms with E-state index in [-0.39, 0.29) is 10.0 Å². The summed E-state index contributed by atoms with van der Waals surface area (Å²) < 4.78 is 33.7. The van der Waals surface area contributed by atoms with Crippen LogP contribution >= 0.6 is 12.2 Å². The van der Waals surface area contributed by atoms with Crippen LogP contribution in [0.15, 0.2) is 114 Å². The van der Waals surface area contributed by atoms with E-state index in [1.54, 1.807) is 36.4 Å². The molecule has 200 valence electrons. The number of benzene rings is 4. The third-order valence-electron chi connectivity index (χ3n) is 5.82. The van der Waals surface area contributed by atoms with Crippen molar-refractivity contribution in [3.05, 3.63) is 126 Å². The lowest BCUT2D eigenvalue weighted by atomic mass is 10.1. The molecule has 0 saturated heterocycles. The molecule has 4 rings (SSSR count). The summed E-state index contributed by atoms with van der Waals surface area (Å²) in [5.74, 6) is 0.0488. The molecular weight excluding hydrogens is 530 g/mol. The first-order chi connectivity index (χ1) is 18.9. The summed E-state index contributed by atoms with van der Waals surface area (Å²) in [5, 5.41) is 5.65. The first-order valence-electron chi connectivity index (χ1n) is 12.4. The number of ether oxygens (including phenoxy) is 1. The number of carbonyl (C=O) groups excluding carboxylic acids is 1. The van der Waals surface area contributed by atoms with Crippen molar-refractivity contribution in [2.75, 3.05) is 18.5 Å². The highest BCUT2D eigenvalue weighted by atomic mass is 32.2. The van der Waals surface area contributed by atoms with E-state index in [1.807, 2.05) is 60.7 Å². The van der Waals surface area contributed by atoms with Gasteiger partial charge in [0.2, 0.25) is 10.0 Å². The van der Waals surface area contributed by atoms with Crippen LogP contribution in [0.5, 0.6) is 5.75 Å². The minimum atomic E-state index is -3.66. The van der Waals surface area contributed by atoms with E-state index in [2.05, 4.69) is 15.4 Å². The highest BCUT2D eigenvalue weighted by Gasteiger charge is 2.15. The number of hydrogen-bond donors (Lipinski definition) is 3. The monoisotopic (exact) mass is 559 g/mol. The number of sulfonamides is 1. The SMILES string of the molecule is O=C(NC(=S)Nc1ccc(S(=O)(=O)NCCc2ccccc2)cc1)c1ccccc1OCCc1ccccc1. The van der Waals surface area contributed by atoms with Crippen LogP contribution in [-0.2, 0) is 22.9 Å². The second kappa shape index (κ2) is 13.7. The van der Waals surface area contributed by atoms with Gasteiger partial charge in [-0.25, -0.2) is 13.1 Å². The van der Waals surface area contributed by atoms with Gasteiger partial charge in [-0.2, -0.15) is 0 Å². The molecule has 0 aromatic heterocycles. The molecule has 9 heteroatoms. The van der Waals surface area contributed by atoms with Crippen LogP contribution in [0.25, 0.3) is 0 Å². The van der Waals surface area contributed by atoms with E-state index in [4.69, 9.17) is 17.0 Å². The maximum Gasteiger partial charge on any atom is 0.261 e. The fourth-order valence-corrected chi connectivity index (χ4v) is 5.05. The Bertz CT molecular complexity index is 1490. The molecule has 0 fully saturated rings. The van der Waals surface area contributed by atoms with Gasteiger partial charge in [0.05, 0.1) is 17.1 Å². The third-order valence-corrected chi connectivity index (χ3v) is 7.50. The van der Waals surface area contributed by atoms with Crippen molar-refractivity contribution < 1.29 is 17.9 Å². The van der Waals surface area contributed by atoms with Gasteiger partial charge in [-0.3, -0.25) is 10.1 Å². The second-order valence-electron chi connectivity index (χ2n) is 8.65. The largest absolute Gasteiger partial charge is 0.492 e. The number of nitrogens with one attached hydrogen (secondary N) is 3. The van der Waals surface area contributed by atoms with Crippen LogP contribution in [-0.4, -0.2) is 32.6 Å². The molecule has 0 radical (unpaired) electrons. The van der Waals surface area contributed by atoms with E-state index in [1.165, 1.54) is 12.1 Å². The van der Waals surface area contributed by atoms with Gasteiger partial charge in [0.1, 0.15) is 5.75 Å². The van der Waals surface area contributed by atoms with Crippen molar-refractivity contribution in [1.82, 2.24) is 10.0 Å². The standard InChI is InChI=1S/C30H29N3O4S2/c34-29(27-13-7-8-14-28(27)37-22-20-24-11-5-2-6-12-24)33-30(38)32-25-15-17-26(18-16-25)39(35,36)31-21-19-23-9-3-1-4-10-23/h1-18,31H,19-22H2,(H2,32,33,34,38). The van der Waals surface area contributed by atoms with E-state index < -0.39 is 15.9 Å². The Morgan fingerprint density at radius 3 is 2.00 bits per heavy atom. The number of hydrogen-bond acceptors (Lipinski definition) is 5. The summed E-state index contributed by atoms with van der Waals surface area (Å²) in [6.07, 6.45) is 1.31. The molecular formula is C30H29N3O4S2. The van der Waals surface area contributed by atoms with Crippen LogP contribution in [0.4, 0.5) is 5.69 Å². The predicted molar refractivity (Wildman–Crippen MR) is 158 cm³/mol. The quantitative estimate of drug-likeness (QED) is 0.225. The highest BCUT2D eigenvalue weighted by Crippen LogP contribution is 2.19. The van der Waals surface area contributed by atoms with Crippen molar-refractivity contribution in [3.63, 3.8) is 0 Å². The van der Waals surface area contributed by atoms with E-state index in [0.717, 1.165) is 11.1 Å². The van der Waals surface area contributed by atoms with E-state index >= 15 is 0 Å². The maximum atomic E-state index is 12.9. The number of rotatable bonds is 11. The molecule has 0 aliphatic heterocycles. The molecule has 0 heterocycles. The molecule has 0 bridgehead atoms. The summed E-state index contributed by atoms with van der Waals surface area (Å²) in [5.41, 5.74) is 3.09. The van der Waals surface area contributed by atoms with Crippen LogP contribution in [0, 0.1) is 0 Å². The Morgan fingerprint density at radius 2 is 1.33 bits per heavy atom. The summed E-state index contributed by atoms with van der Waals surface area (Å²) in [7, 11) is -3.66. The van der Waals surface area contributed by atoms with Crippen molar-refractivity contribution in [2.45, 2.75) is 17.7 Å². The lowest BCUT2D eigenvalue weighted by Crippen LogP contribution is -2.34. The van der Waals surface area contributed by atoms with Crippen molar-refractivity contribution in [1.29, 1.82) is 0 Å². The smallest absolute Gasteiger partial charge is 0.261 e. The fraction of sp³-hybridized carbons (Fsp3) is 0.133. The number of amides is 1. The highest BCUT2D eigenvalue weighted by molar-refractivity contribution is 7.89. The summed E-state index contributed by atoms with van der Waals surface area (Å²) >= 11 is 5.30. The number of para-hydroxylation sites is 1. The normalized spacial score (nSPS) is 11.0. The number of carbonyl (C=O) groups is 1. The molecule has 1 amide bonds. The first kappa shape index (κ1) is 28.0. The van der Waals surface area contributed by atoms with Crippen LogP contribution in [0.1, 0.15) is 21.5 Å². The van der Waals surface area contributed by atoms with Gasteiger partial charge in [0.15, 0.2) is 5.11 Å². The molecule has 3 N–H and O–H groups in total. The Morgan fingerprint density at radius 1 is 0.744 bits per heavy atom. The van der Waals surface area contributed by atoms with Crippen molar-refractivity contribution >= 4 is 38.9 Å². The van der Waals surface area contributed by atoms with Crippen LogP contribution < -0.4 is 20.1 Å². The molecule has 4 aromatic rings. The maximum absolute atomic E-state index is 12.9. The average molecular weight is 560 g/mol. The number of thiocarbonyl (C=S) groups is 1. The summed E-state index contributed by atoms with van der Waals surface area (Å²) in [6, 6.07) is 32.7. The van der Waals surface area contributed by atoms with Crippen molar-refractivity contribution in [2.24, 2.45) is 0 Å². The van der Waals surface area contributed by atoms with Crippen LogP contribution in [0.3, 0.4) is 0 Å². The van der Waals surface area contributed by atoms with Gasteiger partial charge < -0.3 is 10.1 Å².